The first-order valence-electron chi connectivity index (χ1n) is 14.1. The number of carbonyl (C=O) groups is 1. The molecule has 1 aliphatic rings. The van der Waals surface area contributed by atoms with Crippen molar-refractivity contribution in [1.29, 1.82) is 0 Å². The molecule has 15 heteroatoms. The van der Waals surface area contributed by atoms with Crippen molar-refractivity contribution in [2.75, 3.05) is 13.7 Å². The molecular weight excluding hydrogens is 696 g/mol. The van der Waals surface area contributed by atoms with E-state index in [0.717, 1.165) is 11.3 Å². The normalized spacial score (nSPS) is 14.3. The molecule has 3 aromatic carbocycles. The highest BCUT2D eigenvalue weighted by Gasteiger charge is 2.34. The number of hydrogen-bond donors (Lipinski definition) is 0. The molecule has 0 N–H and O–H groups in total. The Morgan fingerprint density at radius 3 is 2.45 bits per heavy atom. The Balaban J connectivity index is 1.57. The molecule has 47 heavy (non-hydrogen) atoms. The van der Waals surface area contributed by atoms with E-state index in [1.54, 1.807) is 63.2 Å². The average Bonchev–Trinajstić information content (AvgIpc) is 3.33. The zero-order valence-electron chi connectivity index (χ0n) is 25.5. The van der Waals surface area contributed by atoms with Gasteiger partial charge >= 0.3 is 5.97 Å². The molecule has 0 fully saturated rings. The molecule has 0 saturated heterocycles. The van der Waals surface area contributed by atoms with Crippen LogP contribution in [0.1, 0.15) is 42.1 Å². The number of nitrogens with zero attached hydrogens (tertiary/aromatic N) is 4. The van der Waals surface area contributed by atoms with Crippen molar-refractivity contribution in [3.63, 3.8) is 0 Å². The van der Waals surface area contributed by atoms with Crippen molar-refractivity contribution in [3.8, 4) is 11.5 Å². The van der Waals surface area contributed by atoms with Crippen LogP contribution in [0.4, 0.5) is 11.4 Å². The molecule has 0 aliphatic carbocycles. The number of methoxy groups -OCH3 is 1. The molecule has 0 bridgehead atoms. The fourth-order valence-electron chi connectivity index (χ4n) is 5.08. The van der Waals surface area contributed by atoms with Gasteiger partial charge in [0.2, 0.25) is 0 Å². The molecule has 0 spiro atoms. The highest BCUT2D eigenvalue weighted by atomic mass is 79.9. The van der Waals surface area contributed by atoms with Gasteiger partial charge in [0, 0.05) is 23.8 Å². The monoisotopic (exact) mass is 722 g/mol. The third-order valence-corrected chi connectivity index (χ3v) is 8.91. The number of carbonyl (C=O) groups excluding carboxylic acids is 1. The van der Waals surface area contributed by atoms with E-state index in [1.807, 2.05) is 0 Å². The van der Waals surface area contributed by atoms with E-state index in [1.165, 1.54) is 29.9 Å². The van der Waals surface area contributed by atoms with Crippen molar-refractivity contribution in [2.45, 2.75) is 33.4 Å². The number of aryl methyl sites for hydroxylation is 1. The summed E-state index contributed by atoms with van der Waals surface area (Å²) in [7, 11) is 1.47. The van der Waals surface area contributed by atoms with Gasteiger partial charge in [0.25, 0.3) is 16.9 Å². The second kappa shape index (κ2) is 13.7. The summed E-state index contributed by atoms with van der Waals surface area (Å²) in [6.07, 6.45) is 1.65. The van der Waals surface area contributed by atoms with Crippen LogP contribution in [0, 0.1) is 27.2 Å². The van der Waals surface area contributed by atoms with E-state index in [-0.39, 0.29) is 30.2 Å². The Kier molecular flexibility index (Phi) is 9.67. The fourth-order valence-corrected chi connectivity index (χ4v) is 6.70. The Bertz CT molecular complexity index is 2140. The first-order chi connectivity index (χ1) is 22.4. The maximum atomic E-state index is 14.0. The van der Waals surface area contributed by atoms with Gasteiger partial charge in [-0.15, -0.1) is 0 Å². The molecule has 0 saturated carbocycles. The molecule has 13 nitrogen and oxygen atoms in total. The number of thiazole rings is 1. The molecule has 2 heterocycles. The smallest absolute Gasteiger partial charge is 0.338 e. The molecule has 5 rings (SSSR count). The van der Waals surface area contributed by atoms with E-state index >= 15 is 0 Å². The van der Waals surface area contributed by atoms with Gasteiger partial charge in [-0.2, -0.15) is 0 Å². The Labute approximate surface area is 279 Å². The number of allylic oxidation sites excluding steroid dienone is 1. The summed E-state index contributed by atoms with van der Waals surface area (Å²) in [5.41, 5.74) is 1.93. The van der Waals surface area contributed by atoms with Crippen molar-refractivity contribution < 1.29 is 28.9 Å². The van der Waals surface area contributed by atoms with E-state index < -0.39 is 27.4 Å². The molecule has 242 valence electrons. The quantitative estimate of drug-likeness (QED) is 0.120. The third-order valence-electron chi connectivity index (χ3n) is 7.34. The fraction of sp³-hybridized carbons (Fsp3) is 0.219. The topological polar surface area (TPSA) is 165 Å². The van der Waals surface area contributed by atoms with Gasteiger partial charge in [-0.3, -0.25) is 29.6 Å². The van der Waals surface area contributed by atoms with Crippen LogP contribution in [-0.4, -0.2) is 34.1 Å². The van der Waals surface area contributed by atoms with Crippen molar-refractivity contribution >= 4 is 50.7 Å². The van der Waals surface area contributed by atoms with Crippen LogP contribution in [0.3, 0.4) is 0 Å². The number of aromatic nitrogens is 1. The number of esters is 1. The highest BCUT2D eigenvalue weighted by Crippen LogP contribution is 2.38. The maximum Gasteiger partial charge on any atom is 0.338 e. The van der Waals surface area contributed by atoms with Crippen molar-refractivity contribution in [2.24, 2.45) is 4.99 Å². The van der Waals surface area contributed by atoms with Gasteiger partial charge in [0.05, 0.1) is 49.9 Å². The molecule has 4 aromatic rings. The molecular formula is C32H27BrN4O9S. The van der Waals surface area contributed by atoms with Gasteiger partial charge in [0.1, 0.15) is 6.61 Å². The zero-order valence-corrected chi connectivity index (χ0v) is 27.9. The van der Waals surface area contributed by atoms with E-state index in [2.05, 4.69) is 20.9 Å². The minimum absolute atomic E-state index is 0.0269. The zero-order chi connectivity index (χ0) is 34.0. The molecule has 0 amide bonds. The third kappa shape index (κ3) is 6.71. The second-order valence-corrected chi connectivity index (χ2v) is 12.2. The van der Waals surface area contributed by atoms with Crippen molar-refractivity contribution in [3.05, 3.63) is 133 Å². The van der Waals surface area contributed by atoms with Crippen LogP contribution >= 0.6 is 27.3 Å². The minimum atomic E-state index is -1.01. The first kappa shape index (κ1) is 33.2. The summed E-state index contributed by atoms with van der Waals surface area (Å²) < 4.78 is 19.0. The summed E-state index contributed by atoms with van der Waals surface area (Å²) in [6.45, 7) is 5.11. The number of nitro groups is 2. The molecule has 1 aromatic heterocycles. The largest absolute Gasteiger partial charge is 0.493 e. The minimum Gasteiger partial charge on any atom is -0.493 e. The van der Waals surface area contributed by atoms with Crippen molar-refractivity contribution in [1.82, 2.24) is 4.57 Å². The number of fused-ring (bicyclic) bond motifs is 1. The summed E-state index contributed by atoms with van der Waals surface area (Å²) >= 11 is 4.62. The first-order valence-corrected chi connectivity index (χ1v) is 15.7. The molecule has 1 unspecified atom stereocenters. The van der Waals surface area contributed by atoms with Crippen LogP contribution in [-0.2, 0) is 16.1 Å². The summed E-state index contributed by atoms with van der Waals surface area (Å²) in [5, 5.41) is 22.7. The number of hydrogen-bond acceptors (Lipinski definition) is 11. The van der Waals surface area contributed by atoms with Gasteiger partial charge in [-0.1, -0.05) is 23.5 Å². The van der Waals surface area contributed by atoms with Crippen LogP contribution in [0.5, 0.6) is 11.5 Å². The van der Waals surface area contributed by atoms with E-state index in [0.29, 0.717) is 53.3 Å². The SMILES string of the molecule is CCOC(=O)C1=C(C)N=c2sc(=Cc3cc(Br)c(OCc4ccc([N+](=O)[O-])cc4)c(OC)c3)c(=O)n2C1c1ccc(C)c([N+](=O)[O-])c1. The lowest BCUT2D eigenvalue weighted by atomic mass is 9.94. The maximum absolute atomic E-state index is 14.0. The lowest BCUT2D eigenvalue weighted by molar-refractivity contribution is -0.385. The van der Waals surface area contributed by atoms with Gasteiger partial charge in [-0.25, -0.2) is 9.79 Å². The summed E-state index contributed by atoms with van der Waals surface area (Å²) in [4.78, 5) is 53.8. The van der Waals surface area contributed by atoms with E-state index in [9.17, 15) is 29.8 Å². The molecule has 0 radical (unpaired) electrons. The van der Waals surface area contributed by atoms with Crippen LogP contribution in [0.25, 0.3) is 6.08 Å². The lowest BCUT2D eigenvalue weighted by Crippen LogP contribution is -2.40. The Morgan fingerprint density at radius 1 is 1.09 bits per heavy atom. The summed E-state index contributed by atoms with van der Waals surface area (Å²) in [5.74, 6) is 0.0833. The predicted molar refractivity (Wildman–Crippen MR) is 176 cm³/mol. The number of halogens is 1. The van der Waals surface area contributed by atoms with Gasteiger partial charge in [-0.05, 0) is 83.7 Å². The molecule has 1 aliphatic heterocycles. The van der Waals surface area contributed by atoms with E-state index in [4.69, 9.17) is 14.2 Å². The Morgan fingerprint density at radius 2 is 1.81 bits per heavy atom. The van der Waals surface area contributed by atoms with Gasteiger partial charge in [0.15, 0.2) is 16.3 Å². The average molecular weight is 724 g/mol. The predicted octanol–water partition coefficient (Wildman–Crippen LogP) is 5.27. The Hall–Kier alpha value is -5.15. The summed E-state index contributed by atoms with van der Waals surface area (Å²) in [6, 6.07) is 13.0. The standard InChI is InChI=1S/C32H27BrN4O9S/c1-5-45-31(39)27-18(3)34-32-35(28(27)21-9-6-17(2)24(15-21)37(42)43)30(38)26(47-32)14-20-12-23(33)29(25(13-20)44-4)46-16-19-7-10-22(11-8-19)36(40)41/h6-15,28H,5,16H2,1-4H3. The number of ether oxygens (including phenoxy) is 3. The molecule has 1 atom stereocenters. The number of non-ortho nitro benzene ring substituents is 1. The lowest BCUT2D eigenvalue weighted by Gasteiger charge is -2.24. The van der Waals surface area contributed by atoms with Crippen LogP contribution in [0.15, 0.2) is 80.1 Å². The van der Waals surface area contributed by atoms with Crippen LogP contribution < -0.4 is 24.4 Å². The van der Waals surface area contributed by atoms with Crippen LogP contribution in [0.2, 0.25) is 0 Å². The second-order valence-electron chi connectivity index (χ2n) is 10.4. The number of benzene rings is 3. The number of rotatable bonds is 10. The van der Waals surface area contributed by atoms with Gasteiger partial charge < -0.3 is 14.2 Å². The highest BCUT2D eigenvalue weighted by molar-refractivity contribution is 9.10. The number of nitro benzene ring substituents is 2.